The number of nitrogens with one attached hydrogen (secondary N) is 1. The third-order valence-electron chi connectivity index (χ3n) is 7.09. The molecule has 2 saturated heterocycles. The number of carboxylic acid groups (broad SMARTS) is 1. The lowest BCUT2D eigenvalue weighted by Gasteiger charge is -2.40. The maximum atomic E-state index is 12.6. The zero-order chi connectivity index (χ0) is 24.4. The van der Waals surface area contributed by atoms with Crippen LogP contribution < -0.4 is 10.2 Å². The fourth-order valence-electron chi connectivity index (χ4n) is 5.18. The molecule has 0 bridgehead atoms. The number of piperidine rings is 2. The number of anilines is 2. The number of nitrogens with zero attached hydrogens (tertiary/aromatic N) is 3. The summed E-state index contributed by atoms with van der Waals surface area (Å²) < 4.78 is 0. The quantitative estimate of drug-likeness (QED) is 0.503. The van der Waals surface area contributed by atoms with Crippen molar-refractivity contribution in [2.75, 3.05) is 36.4 Å². The normalized spacial score (nSPS) is 17.5. The average molecular weight is 493 g/mol. The highest BCUT2D eigenvalue weighted by Gasteiger charge is 2.27. The number of aromatic nitrogens is 1. The van der Waals surface area contributed by atoms with Gasteiger partial charge in [0, 0.05) is 40.8 Å². The van der Waals surface area contributed by atoms with Gasteiger partial charge in [0.2, 0.25) is 0 Å². The Morgan fingerprint density at radius 2 is 1.66 bits per heavy atom. The summed E-state index contributed by atoms with van der Waals surface area (Å²) in [5.74, 6) is -0.605. The number of carboxylic acids is 1. The van der Waals surface area contributed by atoms with E-state index in [-0.39, 0.29) is 11.5 Å². The largest absolute Gasteiger partial charge is 0.478 e. The van der Waals surface area contributed by atoms with Crippen molar-refractivity contribution in [1.82, 2.24) is 9.88 Å². The number of fused-ring (bicyclic) bond motifs is 1. The van der Waals surface area contributed by atoms with Crippen LogP contribution >= 0.6 is 11.6 Å². The minimum atomic E-state index is -1.01. The van der Waals surface area contributed by atoms with E-state index in [2.05, 4.69) is 15.1 Å². The van der Waals surface area contributed by atoms with E-state index in [0.29, 0.717) is 39.0 Å². The van der Waals surface area contributed by atoms with Crippen molar-refractivity contribution in [3.63, 3.8) is 0 Å². The Bertz CT molecular complexity index is 1230. The highest BCUT2D eigenvalue weighted by atomic mass is 35.5. The molecule has 1 amide bonds. The zero-order valence-corrected chi connectivity index (χ0v) is 20.3. The Balaban J connectivity index is 1.35. The van der Waals surface area contributed by atoms with Crippen LogP contribution in [0.2, 0.25) is 5.02 Å². The summed E-state index contributed by atoms with van der Waals surface area (Å²) >= 11 is 5.90. The van der Waals surface area contributed by atoms with Gasteiger partial charge in [0.25, 0.3) is 5.91 Å². The summed E-state index contributed by atoms with van der Waals surface area (Å²) in [6, 6.07) is 14.1. The first-order chi connectivity index (χ1) is 17.0. The summed E-state index contributed by atoms with van der Waals surface area (Å²) in [5, 5.41) is 13.8. The van der Waals surface area contributed by atoms with E-state index < -0.39 is 5.97 Å². The van der Waals surface area contributed by atoms with Crippen LogP contribution in [-0.2, 0) is 0 Å². The molecule has 2 fully saturated rings. The van der Waals surface area contributed by atoms with Crippen LogP contribution in [0.25, 0.3) is 10.9 Å². The van der Waals surface area contributed by atoms with Crippen molar-refractivity contribution >= 4 is 45.9 Å². The van der Waals surface area contributed by atoms with Gasteiger partial charge in [-0.05, 0) is 87.3 Å². The molecule has 7 nitrogen and oxygen atoms in total. The molecule has 5 rings (SSSR count). The number of likely N-dealkylation sites (tertiary alicyclic amines) is 1. The fraction of sp³-hybridized carbons (Fsp3) is 0.370. The summed E-state index contributed by atoms with van der Waals surface area (Å²) in [4.78, 5) is 34.3. The maximum absolute atomic E-state index is 12.6. The second-order valence-electron chi connectivity index (χ2n) is 9.34. The molecule has 35 heavy (non-hydrogen) atoms. The zero-order valence-electron chi connectivity index (χ0n) is 19.5. The third-order valence-corrected chi connectivity index (χ3v) is 7.34. The second kappa shape index (κ2) is 10.2. The van der Waals surface area contributed by atoms with Gasteiger partial charge in [-0.25, -0.2) is 9.78 Å². The number of benzene rings is 2. The molecule has 2 aliphatic heterocycles. The summed E-state index contributed by atoms with van der Waals surface area (Å²) in [7, 11) is 0. The van der Waals surface area contributed by atoms with Crippen molar-refractivity contribution in [3.05, 3.63) is 64.7 Å². The number of hydrogen-bond donors (Lipinski definition) is 2. The lowest BCUT2D eigenvalue weighted by atomic mass is 9.99. The smallest absolute Gasteiger partial charge is 0.336 e. The predicted octanol–water partition coefficient (Wildman–Crippen LogP) is 5.29. The van der Waals surface area contributed by atoms with Gasteiger partial charge in [-0.3, -0.25) is 4.79 Å². The third kappa shape index (κ3) is 5.26. The van der Waals surface area contributed by atoms with E-state index >= 15 is 0 Å². The van der Waals surface area contributed by atoms with E-state index in [4.69, 9.17) is 16.6 Å². The Labute approximate surface area is 209 Å². The summed E-state index contributed by atoms with van der Waals surface area (Å²) in [5.41, 5.74) is 1.76. The van der Waals surface area contributed by atoms with Crippen molar-refractivity contribution in [1.29, 1.82) is 0 Å². The second-order valence-corrected chi connectivity index (χ2v) is 9.78. The fourth-order valence-corrected chi connectivity index (χ4v) is 5.30. The number of carbonyl (C=O) groups is 2. The van der Waals surface area contributed by atoms with E-state index in [1.165, 1.54) is 32.4 Å². The van der Waals surface area contributed by atoms with Crippen LogP contribution in [0.3, 0.4) is 0 Å². The number of carbonyl (C=O) groups excluding carboxylic acids is 1. The van der Waals surface area contributed by atoms with Gasteiger partial charge in [0.15, 0.2) is 0 Å². The van der Waals surface area contributed by atoms with Crippen LogP contribution in [0.1, 0.15) is 52.8 Å². The molecule has 8 heteroatoms. The van der Waals surface area contributed by atoms with Gasteiger partial charge in [-0.15, -0.1) is 0 Å². The number of hydrogen-bond acceptors (Lipinski definition) is 5. The number of pyridine rings is 1. The Hall–Kier alpha value is -3.16. The van der Waals surface area contributed by atoms with Crippen molar-refractivity contribution in [2.45, 2.75) is 38.1 Å². The first-order valence-electron chi connectivity index (χ1n) is 12.2. The van der Waals surface area contributed by atoms with Crippen LogP contribution in [0, 0.1) is 0 Å². The molecule has 182 valence electrons. The lowest BCUT2D eigenvalue weighted by molar-refractivity contribution is 0.0698. The molecule has 3 heterocycles. The van der Waals surface area contributed by atoms with Crippen molar-refractivity contribution < 1.29 is 14.7 Å². The molecule has 2 N–H and O–H groups in total. The van der Waals surface area contributed by atoms with Crippen LogP contribution in [0.15, 0.2) is 48.5 Å². The van der Waals surface area contributed by atoms with Crippen LogP contribution in [-0.4, -0.2) is 59.1 Å². The Kier molecular flexibility index (Phi) is 6.88. The van der Waals surface area contributed by atoms with Gasteiger partial charge in [-0.2, -0.15) is 0 Å². The standard InChI is InChI=1S/C27H29ClN4O3/c28-19-6-4-18(5-7-19)26(33)29-20-8-9-24-22(16-20)23(27(34)35)17-25(30-24)32-14-10-21(11-15-32)31-12-2-1-3-13-31/h4-9,16-17,21H,1-3,10-15H2,(H,29,33)(H,34,35). The number of aromatic carboxylic acids is 1. The van der Waals surface area contributed by atoms with Gasteiger partial charge in [0.05, 0.1) is 11.1 Å². The molecular formula is C27H29ClN4O3. The molecular weight excluding hydrogens is 464 g/mol. The molecule has 0 spiro atoms. The molecule has 0 radical (unpaired) electrons. The van der Waals surface area contributed by atoms with Gasteiger partial charge in [-0.1, -0.05) is 18.0 Å². The number of amides is 1. The highest BCUT2D eigenvalue weighted by Crippen LogP contribution is 2.29. The van der Waals surface area contributed by atoms with Crippen molar-refractivity contribution in [3.8, 4) is 0 Å². The average Bonchev–Trinajstić information content (AvgIpc) is 2.89. The van der Waals surface area contributed by atoms with E-state index in [1.54, 1.807) is 48.5 Å². The molecule has 2 aromatic carbocycles. The molecule has 0 atom stereocenters. The summed E-state index contributed by atoms with van der Waals surface area (Å²) in [6.07, 6.45) is 6.05. The van der Waals surface area contributed by atoms with E-state index in [1.807, 2.05) is 0 Å². The van der Waals surface area contributed by atoms with Gasteiger partial charge < -0.3 is 20.2 Å². The van der Waals surface area contributed by atoms with Gasteiger partial charge in [0.1, 0.15) is 5.82 Å². The monoisotopic (exact) mass is 492 g/mol. The van der Waals surface area contributed by atoms with Crippen LogP contribution in [0.5, 0.6) is 0 Å². The molecule has 0 aliphatic carbocycles. The molecule has 0 unspecified atom stereocenters. The van der Waals surface area contributed by atoms with Crippen LogP contribution in [0.4, 0.5) is 11.5 Å². The molecule has 1 aromatic heterocycles. The van der Waals surface area contributed by atoms with Gasteiger partial charge >= 0.3 is 5.97 Å². The number of halogens is 1. The minimum absolute atomic E-state index is 0.186. The Morgan fingerprint density at radius 1 is 0.943 bits per heavy atom. The van der Waals surface area contributed by atoms with E-state index in [9.17, 15) is 14.7 Å². The Morgan fingerprint density at radius 3 is 2.34 bits per heavy atom. The number of rotatable bonds is 5. The molecule has 2 aliphatic rings. The SMILES string of the molecule is O=C(Nc1ccc2nc(N3CCC(N4CCCCC4)CC3)cc(C(=O)O)c2c1)c1ccc(Cl)cc1. The minimum Gasteiger partial charge on any atom is -0.478 e. The summed E-state index contributed by atoms with van der Waals surface area (Å²) in [6.45, 7) is 4.12. The highest BCUT2D eigenvalue weighted by molar-refractivity contribution is 6.30. The molecule has 3 aromatic rings. The maximum Gasteiger partial charge on any atom is 0.336 e. The lowest BCUT2D eigenvalue weighted by Crippen LogP contribution is -2.47. The van der Waals surface area contributed by atoms with E-state index in [0.717, 1.165) is 25.9 Å². The van der Waals surface area contributed by atoms with Crippen molar-refractivity contribution in [2.24, 2.45) is 0 Å². The first-order valence-corrected chi connectivity index (χ1v) is 12.6. The molecule has 0 saturated carbocycles. The topological polar surface area (TPSA) is 85.8 Å². The first kappa shape index (κ1) is 23.6. The predicted molar refractivity (Wildman–Crippen MR) is 139 cm³/mol.